The number of guanidine groups is 1. The Morgan fingerprint density at radius 2 is 1.93 bits per heavy atom. The van der Waals surface area contributed by atoms with Gasteiger partial charge in [-0.15, -0.1) is 0 Å². The van der Waals surface area contributed by atoms with E-state index >= 15 is 0 Å². The Hall–Kier alpha value is -1.76. The Bertz CT molecular complexity index is 730. The predicted octanol–water partition coefficient (Wildman–Crippen LogP) is 3.30. The van der Waals surface area contributed by atoms with E-state index in [1.807, 2.05) is 6.92 Å². The first-order chi connectivity index (χ1) is 13.1. The molecule has 0 saturated heterocycles. The van der Waals surface area contributed by atoms with Crippen molar-refractivity contribution < 1.29 is 13.2 Å². The summed E-state index contributed by atoms with van der Waals surface area (Å²) in [6, 6.07) is 6.19. The molecule has 0 saturated carbocycles. The highest BCUT2D eigenvalue weighted by Gasteiger charge is 2.11. The minimum Gasteiger partial charge on any atom is -0.490 e. The molecule has 1 atom stereocenters. The normalized spacial score (nSPS) is 13.5. The summed E-state index contributed by atoms with van der Waals surface area (Å²) in [4.78, 5) is 4.64. The van der Waals surface area contributed by atoms with Crippen molar-refractivity contribution in [3.8, 4) is 5.75 Å². The van der Waals surface area contributed by atoms with Crippen LogP contribution in [0.3, 0.4) is 0 Å². The first kappa shape index (κ1) is 24.3. The molecule has 0 heterocycles. The van der Waals surface area contributed by atoms with E-state index in [1.54, 1.807) is 0 Å². The average molecular weight is 412 g/mol. The number of ether oxygens (including phenoxy) is 1. The van der Waals surface area contributed by atoms with Crippen LogP contribution in [0.1, 0.15) is 51.7 Å². The van der Waals surface area contributed by atoms with Gasteiger partial charge in [0.15, 0.2) is 5.96 Å². The average Bonchev–Trinajstić information content (AvgIpc) is 2.56. The second kappa shape index (κ2) is 11.9. The van der Waals surface area contributed by atoms with E-state index in [-0.39, 0.29) is 11.9 Å². The molecule has 0 aliphatic rings. The van der Waals surface area contributed by atoms with Gasteiger partial charge in [-0.2, -0.15) is 0 Å². The molecule has 7 heteroatoms. The summed E-state index contributed by atoms with van der Waals surface area (Å²) < 4.78 is 28.7. The molecule has 0 amide bonds. The van der Waals surface area contributed by atoms with E-state index in [9.17, 15) is 8.42 Å². The van der Waals surface area contributed by atoms with Crippen molar-refractivity contribution in [3.63, 3.8) is 0 Å². The molecule has 0 aliphatic heterocycles. The molecule has 1 aromatic rings. The van der Waals surface area contributed by atoms with E-state index in [4.69, 9.17) is 4.74 Å². The lowest BCUT2D eigenvalue weighted by atomic mass is 10.1. The van der Waals surface area contributed by atoms with Crippen molar-refractivity contribution in [2.75, 3.05) is 25.1 Å². The zero-order valence-corrected chi connectivity index (χ0v) is 19.0. The van der Waals surface area contributed by atoms with Crippen LogP contribution in [0, 0.1) is 12.8 Å². The van der Waals surface area contributed by atoms with Crippen molar-refractivity contribution in [3.05, 3.63) is 29.3 Å². The van der Waals surface area contributed by atoms with Crippen LogP contribution in [0.25, 0.3) is 0 Å². The largest absolute Gasteiger partial charge is 0.490 e. The van der Waals surface area contributed by atoms with Gasteiger partial charge < -0.3 is 15.4 Å². The van der Waals surface area contributed by atoms with Gasteiger partial charge in [0.25, 0.3) is 0 Å². The van der Waals surface area contributed by atoms with E-state index in [0.29, 0.717) is 31.4 Å². The molecule has 0 radical (unpaired) electrons. The van der Waals surface area contributed by atoms with Gasteiger partial charge >= 0.3 is 0 Å². The Labute approximate surface area is 171 Å². The van der Waals surface area contributed by atoms with Crippen LogP contribution in [0.4, 0.5) is 0 Å². The summed E-state index contributed by atoms with van der Waals surface area (Å²) in [6.07, 6.45) is 2.95. The second-order valence-corrected chi connectivity index (χ2v) is 10.0. The van der Waals surface area contributed by atoms with E-state index in [0.717, 1.165) is 29.8 Å². The second-order valence-electron chi connectivity index (χ2n) is 7.77. The van der Waals surface area contributed by atoms with Gasteiger partial charge in [0, 0.05) is 24.9 Å². The number of hydrogen-bond donors (Lipinski definition) is 2. The molecular formula is C21H37N3O3S. The lowest BCUT2D eigenvalue weighted by Gasteiger charge is -2.19. The Kier molecular flexibility index (Phi) is 10.4. The van der Waals surface area contributed by atoms with Gasteiger partial charge in [-0.3, -0.25) is 0 Å². The van der Waals surface area contributed by atoms with E-state index < -0.39 is 9.84 Å². The maximum Gasteiger partial charge on any atom is 0.191 e. The molecule has 0 spiro atoms. The fourth-order valence-corrected chi connectivity index (χ4v) is 3.55. The molecule has 6 nitrogen and oxygen atoms in total. The topological polar surface area (TPSA) is 79.8 Å². The molecule has 1 aromatic carbocycles. The van der Waals surface area contributed by atoms with Crippen LogP contribution in [-0.4, -0.2) is 45.6 Å². The zero-order chi connectivity index (χ0) is 21.2. The van der Waals surface area contributed by atoms with E-state index in [1.165, 1.54) is 6.26 Å². The first-order valence-corrected chi connectivity index (χ1v) is 12.1. The smallest absolute Gasteiger partial charge is 0.191 e. The maximum atomic E-state index is 11.2. The number of nitrogens with one attached hydrogen (secondary N) is 2. The number of hydrogen-bond acceptors (Lipinski definition) is 4. The molecule has 28 heavy (non-hydrogen) atoms. The molecule has 0 bridgehead atoms. The van der Waals surface area contributed by atoms with Crippen molar-refractivity contribution in [1.82, 2.24) is 10.6 Å². The van der Waals surface area contributed by atoms with Crippen molar-refractivity contribution in [2.45, 2.75) is 60.1 Å². The Morgan fingerprint density at radius 3 is 2.54 bits per heavy atom. The van der Waals surface area contributed by atoms with Crippen LogP contribution in [-0.2, 0) is 16.4 Å². The van der Waals surface area contributed by atoms with Crippen molar-refractivity contribution >= 4 is 15.8 Å². The fraction of sp³-hybridized carbons (Fsp3) is 0.667. The standard InChI is InChI=1S/C21H37N3O3S/c1-7-22-21(23-11-8-12-28(6,25)26)24-15-19-10-9-17(4)14-20(19)27-18(5)13-16(2)3/h9-10,14,16,18H,7-8,11-13,15H2,1-6H3,(H2,22,23,24). The van der Waals surface area contributed by atoms with Gasteiger partial charge in [-0.05, 0) is 51.2 Å². The van der Waals surface area contributed by atoms with Gasteiger partial charge in [-0.25, -0.2) is 13.4 Å². The summed E-state index contributed by atoms with van der Waals surface area (Å²) >= 11 is 0. The zero-order valence-electron chi connectivity index (χ0n) is 18.2. The van der Waals surface area contributed by atoms with Crippen LogP contribution < -0.4 is 15.4 Å². The third-order valence-electron chi connectivity index (χ3n) is 4.09. The number of nitrogens with zero attached hydrogens (tertiary/aromatic N) is 1. The summed E-state index contributed by atoms with van der Waals surface area (Å²) in [5.74, 6) is 2.31. The van der Waals surface area contributed by atoms with Gasteiger partial charge in [-0.1, -0.05) is 26.0 Å². The molecule has 0 aromatic heterocycles. The minimum absolute atomic E-state index is 0.145. The Balaban J connectivity index is 2.79. The molecule has 0 fully saturated rings. The minimum atomic E-state index is -2.94. The number of aryl methyl sites for hydroxylation is 1. The SMILES string of the molecule is CCNC(=NCc1ccc(C)cc1OC(C)CC(C)C)NCCCS(C)(=O)=O. The monoisotopic (exact) mass is 411 g/mol. The Morgan fingerprint density at radius 1 is 1.21 bits per heavy atom. The number of benzene rings is 1. The highest BCUT2D eigenvalue weighted by Crippen LogP contribution is 2.24. The lowest BCUT2D eigenvalue weighted by molar-refractivity contribution is 0.191. The van der Waals surface area contributed by atoms with Gasteiger partial charge in [0.1, 0.15) is 15.6 Å². The first-order valence-electron chi connectivity index (χ1n) is 10.1. The highest BCUT2D eigenvalue weighted by atomic mass is 32.2. The van der Waals surface area contributed by atoms with Crippen molar-refractivity contribution in [1.29, 1.82) is 0 Å². The summed E-state index contributed by atoms with van der Waals surface area (Å²) in [7, 11) is -2.94. The highest BCUT2D eigenvalue weighted by molar-refractivity contribution is 7.90. The summed E-state index contributed by atoms with van der Waals surface area (Å²) in [5.41, 5.74) is 2.19. The molecule has 160 valence electrons. The lowest BCUT2D eigenvalue weighted by Crippen LogP contribution is -2.38. The van der Waals surface area contributed by atoms with Gasteiger partial charge in [0.2, 0.25) is 0 Å². The van der Waals surface area contributed by atoms with Crippen LogP contribution in [0.5, 0.6) is 5.75 Å². The molecular weight excluding hydrogens is 374 g/mol. The number of aliphatic imine (C=N–C) groups is 1. The fourth-order valence-electron chi connectivity index (χ4n) is 2.88. The van der Waals surface area contributed by atoms with Crippen LogP contribution in [0.2, 0.25) is 0 Å². The van der Waals surface area contributed by atoms with Crippen LogP contribution in [0.15, 0.2) is 23.2 Å². The molecule has 2 N–H and O–H groups in total. The predicted molar refractivity (Wildman–Crippen MR) is 118 cm³/mol. The maximum absolute atomic E-state index is 11.2. The summed E-state index contributed by atoms with van der Waals surface area (Å²) in [5, 5.41) is 6.39. The summed E-state index contributed by atoms with van der Waals surface area (Å²) in [6.45, 7) is 12.3. The molecule has 1 unspecified atom stereocenters. The third kappa shape index (κ3) is 10.5. The molecule has 1 rings (SSSR count). The van der Waals surface area contributed by atoms with Crippen molar-refractivity contribution in [2.24, 2.45) is 10.9 Å². The van der Waals surface area contributed by atoms with Gasteiger partial charge in [0.05, 0.1) is 18.4 Å². The third-order valence-corrected chi connectivity index (χ3v) is 5.12. The van der Waals surface area contributed by atoms with E-state index in [2.05, 4.69) is 61.5 Å². The number of rotatable bonds is 11. The quantitative estimate of drug-likeness (QED) is 0.332. The molecule has 0 aliphatic carbocycles. The van der Waals surface area contributed by atoms with Crippen LogP contribution >= 0.6 is 0 Å². The number of sulfone groups is 1.